The summed E-state index contributed by atoms with van der Waals surface area (Å²) in [6.45, 7) is 2.32. The van der Waals surface area contributed by atoms with E-state index in [-0.39, 0.29) is 17.4 Å². The number of aliphatic hydroxyl groups is 1. The summed E-state index contributed by atoms with van der Waals surface area (Å²) in [7, 11) is -2.85. The highest BCUT2D eigenvalue weighted by Gasteiger charge is 2.49. The number of aromatic nitrogens is 2. The fraction of sp³-hybridized carbons (Fsp3) is 0.522. The Labute approximate surface area is 211 Å². The highest BCUT2D eigenvalue weighted by atomic mass is 31.1. The Hall–Kier alpha value is -2.96. The number of carbonyl (C=O) groups excluding carboxylic acids is 1. The number of H-pyrrole nitrogens is 1. The number of ether oxygens (including phenoxy) is 2. The zero-order valence-corrected chi connectivity index (χ0v) is 21.1. The van der Waals surface area contributed by atoms with Gasteiger partial charge in [-0.05, 0) is 49.8 Å². The van der Waals surface area contributed by atoms with Crippen molar-refractivity contribution in [3.8, 4) is 5.75 Å². The van der Waals surface area contributed by atoms with Gasteiger partial charge >= 0.3 is 19.8 Å². The third-order valence-electron chi connectivity index (χ3n) is 6.17. The summed E-state index contributed by atoms with van der Waals surface area (Å²) in [6.07, 6.45) is -3.24. The van der Waals surface area contributed by atoms with E-state index in [4.69, 9.17) is 18.8 Å². The molecular weight excluding hydrogens is 512 g/mol. The topological polar surface area (TPSA) is 149 Å². The number of nitrogens with zero attached hydrogens (tertiary/aromatic N) is 2. The van der Waals surface area contributed by atoms with Crippen molar-refractivity contribution in [3.63, 3.8) is 0 Å². The van der Waals surface area contributed by atoms with Gasteiger partial charge in [0.1, 0.15) is 29.8 Å². The number of hydroxylamine groups is 1. The first-order valence-corrected chi connectivity index (χ1v) is 12.9. The second-order valence-electron chi connectivity index (χ2n) is 8.89. The normalized spacial score (nSPS) is 24.9. The molecule has 2 aliphatic rings. The second kappa shape index (κ2) is 11.6. The van der Waals surface area contributed by atoms with Gasteiger partial charge in [0.05, 0.1) is 0 Å². The van der Waals surface area contributed by atoms with E-state index in [0.717, 1.165) is 34.9 Å². The van der Waals surface area contributed by atoms with Crippen molar-refractivity contribution in [3.05, 3.63) is 62.9 Å². The highest BCUT2D eigenvalue weighted by Crippen LogP contribution is 2.37. The Morgan fingerprint density at radius 3 is 2.68 bits per heavy atom. The molecule has 200 valence electrons. The number of nitrogens with one attached hydrogen (secondary N) is 1. The molecule has 4 rings (SSSR count). The maximum Gasteiger partial charge on any atom is 0.653 e. The monoisotopic (exact) mass is 540 g/mol. The van der Waals surface area contributed by atoms with Crippen molar-refractivity contribution < 1.29 is 37.7 Å². The zero-order chi connectivity index (χ0) is 26.7. The van der Waals surface area contributed by atoms with Gasteiger partial charge in [0.25, 0.3) is 5.56 Å². The van der Waals surface area contributed by atoms with Gasteiger partial charge in [-0.25, -0.2) is 9.18 Å². The van der Waals surface area contributed by atoms with Crippen LogP contribution in [0.25, 0.3) is 0 Å². The van der Waals surface area contributed by atoms with E-state index in [2.05, 4.69) is 0 Å². The smallest absolute Gasteiger partial charge is 0.461 e. The lowest BCUT2D eigenvalue weighted by atomic mass is 9.96. The summed E-state index contributed by atoms with van der Waals surface area (Å²) in [5, 5.41) is 10.3. The standard InChI is InChI=1S/C23H27FN3O9P/c1-13-11-26(23(31)25-20(13)29)21-18(24)19(28)17(35-21)12-33-37(32)27(36-16-7-4-3-5-8-16)14(2)22(30)34-15-9-6-10-15/h3-5,7-8,11,14-15,17-19,21,28H,6,9-10,12H2,1-2H3/p+1/t14?,17-,18+,19-,21-/m0/s1. The molecule has 37 heavy (non-hydrogen) atoms. The zero-order valence-electron chi connectivity index (χ0n) is 20.2. The number of aliphatic hydroxyl groups excluding tert-OH is 1. The third-order valence-corrected chi connectivity index (χ3v) is 7.29. The Morgan fingerprint density at radius 1 is 1.32 bits per heavy atom. The number of carbonyl (C=O) groups is 1. The van der Waals surface area contributed by atoms with Crippen molar-refractivity contribution in [2.24, 2.45) is 0 Å². The van der Waals surface area contributed by atoms with E-state index in [0.29, 0.717) is 0 Å². The van der Waals surface area contributed by atoms with Gasteiger partial charge in [0.2, 0.25) is 0 Å². The van der Waals surface area contributed by atoms with Crippen LogP contribution in [0.15, 0.2) is 46.1 Å². The molecule has 14 heteroatoms. The third kappa shape index (κ3) is 6.13. The number of esters is 1. The molecule has 2 N–H and O–H groups in total. The van der Waals surface area contributed by atoms with Crippen LogP contribution < -0.4 is 16.1 Å². The minimum absolute atomic E-state index is 0.143. The Kier molecular flexibility index (Phi) is 8.50. The number of benzene rings is 1. The van der Waals surface area contributed by atoms with Crippen molar-refractivity contribution in [1.82, 2.24) is 14.4 Å². The highest BCUT2D eigenvalue weighted by molar-refractivity contribution is 7.36. The average molecular weight is 540 g/mol. The number of aromatic amines is 1. The van der Waals surface area contributed by atoms with Crippen LogP contribution in [0.4, 0.5) is 4.39 Å². The molecule has 12 nitrogen and oxygen atoms in total. The summed E-state index contributed by atoms with van der Waals surface area (Å²) in [6, 6.07) is 7.17. The number of aryl methyl sites for hydroxylation is 1. The van der Waals surface area contributed by atoms with Crippen molar-refractivity contribution in [2.45, 2.75) is 69.9 Å². The van der Waals surface area contributed by atoms with E-state index in [1.54, 1.807) is 30.3 Å². The molecule has 0 spiro atoms. The van der Waals surface area contributed by atoms with Crippen molar-refractivity contribution in [2.75, 3.05) is 6.61 Å². The minimum Gasteiger partial charge on any atom is -0.461 e. The van der Waals surface area contributed by atoms with Crippen LogP contribution in [0.2, 0.25) is 0 Å². The van der Waals surface area contributed by atoms with Gasteiger partial charge in [-0.2, -0.15) is 0 Å². The molecule has 1 saturated carbocycles. The van der Waals surface area contributed by atoms with E-state index in [1.165, 1.54) is 13.8 Å². The lowest BCUT2D eigenvalue weighted by molar-refractivity contribution is -0.164. The molecule has 2 unspecified atom stereocenters. The lowest BCUT2D eigenvalue weighted by Crippen LogP contribution is -2.41. The molecule has 1 aromatic heterocycles. The Balaban J connectivity index is 1.44. The predicted octanol–water partition coefficient (Wildman–Crippen LogP) is 1.90. The molecule has 1 saturated heterocycles. The number of hydrogen-bond donors (Lipinski definition) is 2. The Bertz CT molecular complexity index is 1240. The van der Waals surface area contributed by atoms with Crippen LogP contribution >= 0.6 is 8.18 Å². The Morgan fingerprint density at radius 2 is 2.03 bits per heavy atom. The molecule has 0 radical (unpaired) electrons. The molecule has 0 amide bonds. The van der Waals surface area contributed by atoms with Gasteiger partial charge in [-0.3, -0.25) is 19.1 Å². The summed E-state index contributed by atoms with van der Waals surface area (Å²) in [5.74, 6) is -0.368. The maximum absolute atomic E-state index is 14.8. The molecule has 6 atom stereocenters. The second-order valence-corrected chi connectivity index (χ2v) is 10.0. The predicted molar refractivity (Wildman–Crippen MR) is 127 cm³/mol. The largest absolute Gasteiger partial charge is 0.653 e. The SMILES string of the molecule is Cc1cn([C@H]2O[C@@H](CO[P+](=O)N(Oc3ccccc3)C(C)C(=O)OC3CCC3)[C@H](O)[C@H]2F)c(=O)[nH]c1=O. The molecule has 2 fully saturated rings. The molecule has 2 aromatic rings. The van der Waals surface area contributed by atoms with Gasteiger partial charge < -0.3 is 19.4 Å². The number of hydrogen-bond acceptors (Lipinski definition) is 9. The van der Waals surface area contributed by atoms with Crippen LogP contribution in [0, 0.1) is 6.92 Å². The number of para-hydroxylation sites is 1. The van der Waals surface area contributed by atoms with E-state index >= 15 is 0 Å². The molecule has 1 aliphatic carbocycles. The molecule has 1 aromatic carbocycles. The van der Waals surface area contributed by atoms with Gasteiger partial charge in [-0.1, -0.05) is 18.2 Å². The van der Waals surface area contributed by atoms with E-state index in [1.807, 2.05) is 4.98 Å². The maximum atomic E-state index is 14.8. The molecular formula is C23H28FN3O9P+. The molecule has 1 aliphatic heterocycles. The average Bonchev–Trinajstić information content (AvgIpc) is 3.14. The lowest BCUT2D eigenvalue weighted by Gasteiger charge is -2.27. The summed E-state index contributed by atoms with van der Waals surface area (Å²) >= 11 is 0. The summed E-state index contributed by atoms with van der Waals surface area (Å²) in [5.41, 5.74) is -1.40. The van der Waals surface area contributed by atoms with Gasteiger partial charge in [0.15, 0.2) is 24.2 Å². The summed E-state index contributed by atoms with van der Waals surface area (Å²) < 4.78 is 45.0. The van der Waals surface area contributed by atoms with Crippen LogP contribution in [-0.4, -0.2) is 62.6 Å². The summed E-state index contributed by atoms with van der Waals surface area (Å²) in [4.78, 5) is 44.9. The molecule has 2 heterocycles. The first-order valence-electron chi connectivity index (χ1n) is 11.8. The first-order chi connectivity index (χ1) is 17.7. The fourth-order valence-electron chi connectivity index (χ4n) is 3.72. The molecule has 0 bridgehead atoms. The minimum atomic E-state index is -2.85. The van der Waals surface area contributed by atoms with Crippen molar-refractivity contribution in [1.29, 1.82) is 0 Å². The van der Waals surface area contributed by atoms with E-state index in [9.17, 15) is 28.4 Å². The first kappa shape index (κ1) is 27.1. The fourth-order valence-corrected chi connectivity index (χ4v) is 4.65. The van der Waals surface area contributed by atoms with Crippen LogP contribution in [-0.2, 0) is 23.4 Å². The number of halogens is 1. The van der Waals surface area contributed by atoms with E-state index < -0.39 is 62.7 Å². The number of rotatable bonds is 10. The van der Waals surface area contributed by atoms with Gasteiger partial charge in [0, 0.05) is 11.8 Å². The van der Waals surface area contributed by atoms with Crippen LogP contribution in [0.1, 0.15) is 38.0 Å². The number of alkyl halides is 1. The van der Waals surface area contributed by atoms with Crippen LogP contribution in [0.5, 0.6) is 5.75 Å². The quantitative estimate of drug-likeness (QED) is 0.260. The van der Waals surface area contributed by atoms with Crippen molar-refractivity contribution >= 4 is 14.1 Å². The van der Waals surface area contributed by atoms with Crippen LogP contribution in [0.3, 0.4) is 0 Å². The van der Waals surface area contributed by atoms with Gasteiger partial charge in [-0.15, -0.1) is 4.52 Å².